The highest BCUT2D eigenvalue weighted by Gasteiger charge is 2.42. The van der Waals surface area contributed by atoms with E-state index in [2.05, 4.69) is 46.8 Å². The van der Waals surface area contributed by atoms with E-state index in [9.17, 15) is 4.79 Å². The van der Waals surface area contributed by atoms with Crippen LogP contribution in [0.4, 0.5) is 0 Å². The van der Waals surface area contributed by atoms with E-state index in [1.807, 2.05) is 14.1 Å². The summed E-state index contributed by atoms with van der Waals surface area (Å²) in [5, 5.41) is 6.73. The number of aliphatic imine (C=N–C) groups is 1. The predicted octanol–water partition coefficient (Wildman–Crippen LogP) is 2.35. The summed E-state index contributed by atoms with van der Waals surface area (Å²) in [7, 11) is 5.46. The first-order chi connectivity index (χ1) is 12.0. The Kier molecular flexibility index (Phi) is 6.85. The number of benzene rings is 1. The molecule has 25 heavy (non-hydrogen) atoms. The molecule has 5 heteroatoms. The Morgan fingerprint density at radius 3 is 2.36 bits per heavy atom. The molecule has 1 amide bonds. The molecule has 5 nitrogen and oxygen atoms in total. The van der Waals surface area contributed by atoms with Crippen LogP contribution in [0.25, 0.3) is 0 Å². The van der Waals surface area contributed by atoms with Crippen molar-refractivity contribution in [1.29, 1.82) is 0 Å². The zero-order valence-electron chi connectivity index (χ0n) is 16.1. The summed E-state index contributed by atoms with van der Waals surface area (Å²) in [6.45, 7) is 3.56. The molecule has 1 saturated carbocycles. The highest BCUT2D eigenvalue weighted by molar-refractivity contribution is 5.85. The van der Waals surface area contributed by atoms with E-state index < -0.39 is 0 Å². The molecular weight excluding hydrogens is 312 g/mol. The molecule has 2 N–H and O–H groups in total. The normalized spacial score (nSPS) is 16.6. The second-order valence-corrected chi connectivity index (χ2v) is 7.28. The Morgan fingerprint density at radius 1 is 1.16 bits per heavy atom. The summed E-state index contributed by atoms with van der Waals surface area (Å²) >= 11 is 0. The average Bonchev–Trinajstić information content (AvgIpc) is 3.08. The summed E-state index contributed by atoms with van der Waals surface area (Å²) < 4.78 is 0. The lowest BCUT2D eigenvalue weighted by molar-refractivity contribution is -0.138. The fraction of sp³-hybridized carbons (Fsp3) is 0.600. The number of aryl methyl sites for hydroxylation is 1. The van der Waals surface area contributed by atoms with Crippen molar-refractivity contribution in [3.8, 4) is 0 Å². The molecule has 0 spiro atoms. The highest BCUT2D eigenvalue weighted by Crippen LogP contribution is 2.38. The highest BCUT2D eigenvalue weighted by atomic mass is 16.2. The summed E-state index contributed by atoms with van der Waals surface area (Å²) in [6.07, 6.45) is 5.11. The van der Waals surface area contributed by atoms with Crippen LogP contribution in [-0.2, 0) is 11.2 Å². The van der Waals surface area contributed by atoms with E-state index >= 15 is 0 Å². The zero-order valence-corrected chi connectivity index (χ0v) is 16.1. The van der Waals surface area contributed by atoms with Crippen LogP contribution in [0, 0.1) is 12.3 Å². The monoisotopic (exact) mass is 344 g/mol. The molecule has 1 aliphatic rings. The Hall–Kier alpha value is -2.04. The maximum atomic E-state index is 12.6. The van der Waals surface area contributed by atoms with Gasteiger partial charge >= 0.3 is 0 Å². The first-order valence-corrected chi connectivity index (χ1v) is 9.19. The third kappa shape index (κ3) is 5.21. The number of hydrogen-bond donors (Lipinski definition) is 2. The van der Waals surface area contributed by atoms with Crippen molar-refractivity contribution >= 4 is 11.9 Å². The van der Waals surface area contributed by atoms with Gasteiger partial charge in [0, 0.05) is 34.2 Å². The van der Waals surface area contributed by atoms with Crippen LogP contribution < -0.4 is 10.6 Å². The number of carbonyl (C=O) groups excluding carboxylic acids is 1. The van der Waals surface area contributed by atoms with Crippen molar-refractivity contribution in [3.05, 3.63) is 35.4 Å². The molecule has 0 radical (unpaired) electrons. The predicted molar refractivity (Wildman–Crippen MR) is 104 cm³/mol. The second kappa shape index (κ2) is 8.88. The minimum absolute atomic E-state index is 0.229. The zero-order chi connectivity index (χ0) is 18.3. The molecule has 138 valence electrons. The van der Waals surface area contributed by atoms with E-state index in [0.29, 0.717) is 6.54 Å². The van der Waals surface area contributed by atoms with Crippen molar-refractivity contribution in [3.63, 3.8) is 0 Å². The Balaban J connectivity index is 1.84. The van der Waals surface area contributed by atoms with Gasteiger partial charge in [-0.25, -0.2) is 0 Å². The number of hydrogen-bond acceptors (Lipinski definition) is 2. The lowest BCUT2D eigenvalue weighted by atomic mass is 9.84. The lowest BCUT2D eigenvalue weighted by Crippen LogP contribution is -2.49. The average molecular weight is 345 g/mol. The van der Waals surface area contributed by atoms with Gasteiger partial charge < -0.3 is 15.5 Å². The third-order valence-corrected chi connectivity index (χ3v) is 5.07. The standard InChI is InChI=1S/C20H32N4O/c1-16-7-9-17(10-8-16)11-14-22-19(21-2)23-15-20(12-5-6-13-20)18(25)24(3)4/h7-10H,5-6,11-15H2,1-4H3,(H2,21,22,23). The molecule has 1 aromatic carbocycles. The van der Waals surface area contributed by atoms with Crippen LogP contribution >= 0.6 is 0 Å². The molecular formula is C20H32N4O. The first-order valence-electron chi connectivity index (χ1n) is 9.19. The molecule has 0 heterocycles. The number of carbonyl (C=O) groups is 1. The third-order valence-electron chi connectivity index (χ3n) is 5.07. The van der Waals surface area contributed by atoms with E-state index in [4.69, 9.17) is 0 Å². The topological polar surface area (TPSA) is 56.7 Å². The number of nitrogens with one attached hydrogen (secondary N) is 2. The Labute approximate surface area is 151 Å². The number of nitrogens with zero attached hydrogens (tertiary/aromatic N) is 2. The van der Waals surface area contributed by atoms with Gasteiger partial charge in [-0.1, -0.05) is 42.7 Å². The second-order valence-electron chi connectivity index (χ2n) is 7.28. The van der Waals surface area contributed by atoms with Crippen molar-refractivity contribution in [2.75, 3.05) is 34.2 Å². The van der Waals surface area contributed by atoms with Crippen molar-refractivity contribution in [1.82, 2.24) is 15.5 Å². The minimum atomic E-state index is -0.280. The molecule has 0 saturated heterocycles. The molecule has 0 aromatic heterocycles. The number of amides is 1. The van der Waals surface area contributed by atoms with Crippen LogP contribution in [0.1, 0.15) is 36.8 Å². The minimum Gasteiger partial charge on any atom is -0.356 e. The van der Waals surface area contributed by atoms with Crippen LogP contribution in [0.15, 0.2) is 29.3 Å². The molecule has 0 atom stereocenters. The van der Waals surface area contributed by atoms with Crippen LogP contribution in [0.3, 0.4) is 0 Å². The van der Waals surface area contributed by atoms with Gasteiger partial charge in [-0.2, -0.15) is 0 Å². The summed E-state index contributed by atoms with van der Waals surface area (Å²) in [5.41, 5.74) is 2.31. The summed E-state index contributed by atoms with van der Waals surface area (Å²) in [6, 6.07) is 8.60. The van der Waals surface area contributed by atoms with E-state index in [1.165, 1.54) is 11.1 Å². The molecule has 0 unspecified atom stereocenters. The molecule has 0 aliphatic heterocycles. The van der Waals surface area contributed by atoms with Gasteiger partial charge in [-0.05, 0) is 31.7 Å². The fourth-order valence-corrected chi connectivity index (χ4v) is 3.55. The summed E-state index contributed by atoms with van der Waals surface area (Å²) in [4.78, 5) is 18.6. The van der Waals surface area contributed by atoms with Gasteiger partial charge in [-0.15, -0.1) is 0 Å². The van der Waals surface area contributed by atoms with Crippen molar-refractivity contribution < 1.29 is 4.79 Å². The fourth-order valence-electron chi connectivity index (χ4n) is 3.55. The summed E-state index contributed by atoms with van der Waals surface area (Å²) in [5.74, 6) is 0.998. The van der Waals surface area contributed by atoms with Gasteiger partial charge in [0.1, 0.15) is 0 Å². The molecule has 0 bridgehead atoms. The van der Waals surface area contributed by atoms with Gasteiger partial charge in [0.2, 0.25) is 5.91 Å². The van der Waals surface area contributed by atoms with E-state index in [-0.39, 0.29) is 11.3 Å². The first kappa shape index (κ1) is 19.3. The quantitative estimate of drug-likeness (QED) is 0.615. The lowest BCUT2D eigenvalue weighted by Gasteiger charge is -2.31. The Morgan fingerprint density at radius 2 is 1.80 bits per heavy atom. The van der Waals surface area contributed by atoms with Crippen LogP contribution in [0.5, 0.6) is 0 Å². The van der Waals surface area contributed by atoms with Crippen LogP contribution in [-0.4, -0.2) is 51.0 Å². The molecule has 1 fully saturated rings. The van der Waals surface area contributed by atoms with E-state index in [0.717, 1.165) is 44.6 Å². The van der Waals surface area contributed by atoms with Gasteiger partial charge in [0.05, 0.1) is 5.41 Å². The van der Waals surface area contributed by atoms with Gasteiger partial charge in [-0.3, -0.25) is 9.79 Å². The maximum absolute atomic E-state index is 12.6. The number of guanidine groups is 1. The van der Waals surface area contributed by atoms with Crippen molar-refractivity contribution in [2.45, 2.75) is 39.0 Å². The van der Waals surface area contributed by atoms with Crippen LogP contribution in [0.2, 0.25) is 0 Å². The maximum Gasteiger partial charge on any atom is 0.230 e. The molecule has 2 rings (SSSR count). The molecule has 1 aliphatic carbocycles. The van der Waals surface area contributed by atoms with Gasteiger partial charge in [0.15, 0.2) is 5.96 Å². The Bertz CT molecular complexity index is 586. The largest absolute Gasteiger partial charge is 0.356 e. The molecule has 1 aromatic rings. The smallest absolute Gasteiger partial charge is 0.230 e. The SMILES string of the molecule is CN=C(NCCc1ccc(C)cc1)NCC1(C(=O)N(C)C)CCCC1. The van der Waals surface area contributed by atoms with Crippen molar-refractivity contribution in [2.24, 2.45) is 10.4 Å². The number of rotatable bonds is 6. The van der Waals surface area contributed by atoms with Gasteiger partial charge in [0.25, 0.3) is 0 Å². The van der Waals surface area contributed by atoms with E-state index in [1.54, 1.807) is 11.9 Å².